The predicted octanol–water partition coefficient (Wildman–Crippen LogP) is 3.75. The van der Waals surface area contributed by atoms with Crippen LogP contribution >= 0.6 is 0 Å². The molecule has 0 spiro atoms. The molecule has 0 unspecified atom stereocenters. The van der Waals surface area contributed by atoms with Crippen molar-refractivity contribution in [2.45, 2.75) is 65.8 Å². The molecule has 0 aliphatic carbocycles. The molecule has 0 bridgehead atoms. The third kappa shape index (κ3) is 7.49. The summed E-state index contributed by atoms with van der Waals surface area (Å²) < 4.78 is 16.4. The van der Waals surface area contributed by atoms with Crippen molar-refractivity contribution < 1.29 is 23.8 Å². The number of benzene rings is 1. The van der Waals surface area contributed by atoms with Gasteiger partial charge in [0.15, 0.2) is 0 Å². The van der Waals surface area contributed by atoms with E-state index in [4.69, 9.17) is 14.2 Å². The number of hydrogen-bond acceptors (Lipinski definition) is 5. The first-order chi connectivity index (χ1) is 11.1. The number of rotatable bonds is 7. The van der Waals surface area contributed by atoms with E-state index < -0.39 is 29.6 Å². The van der Waals surface area contributed by atoms with Crippen LogP contribution in [0.5, 0.6) is 5.75 Å². The third-order valence-electron chi connectivity index (χ3n) is 3.32. The SMILES string of the molecule is C[C@H](CC(=O)OC(C)(C)C)C(=O)O[C@H](C)[C@H](C)Oc1ccccc1. The molecule has 0 N–H and O–H groups in total. The first-order valence-electron chi connectivity index (χ1n) is 8.22. The van der Waals surface area contributed by atoms with E-state index in [1.807, 2.05) is 37.3 Å². The van der Waals surface area contributed by atoms with E-state index in [2.05, 4.69) is 0 Å². The number of ether oxygens (including phenoxy) is 3. The van der Waals surface area contributed by atoms with Gasteiger partial charge in [0, 0.05) is 0 Å². The second-order valence-corrected chi connectivity index (χ2v) is 6.97. The van der Waals surface area contributed by atoms with Gasteiger partial charge < -0.3 is 14.2 Å². The summed E-state index contributed by atoms with van der Waals surface area (Å²) in [6.45, 7) is 10.6. The molecule has 5 heteroatoms. The molecule has 0 fully saturated rings. The Labute approximate surface area is 144 Å². The van der Waals surface area contributed by atoms with Crippen molar-refractivity contribution in [1.29, 1.82) is 0 Å². The second-order valence-electron chi connectivity index (χ2n) is 6.97. The molecule has 0 amide bonds. The third-order valence-corrected chi connectivity index (χ3v) is 3.32. The maximum absolute atomic E-state index is 12.1. The quantitative estimate of drug-likeness (QED) is 0.710. The van der Waals surface area contributed by atoms with Crippen LogP contribution in [0.4, 0.5) is 0 Å². The van der Waals surface area contributed by atoms with Crippen LogP contribution in [-0.4, -0.2) is 29.7 Å². The lowest BCUT2D eigenvalue weighted by molar-refractivity contribution is -0.164. The molecule has 0 heterocycles. The molecular weight excluding hydrogens is 308 g/mol. The molecule has 24 heavy (non-hydrogen) atoms. The minimum Gasteiger partial charge on any atom is -0.487 e. The van der Waals surface area contributed by atoms with Crippen LogP contribution in [0.1, 0.15) is 48.0 Å². The summed E-state index contributed by atoms with van der Waals surface area (Å²) in [6.07, 6.45) is -0.736. The van der Waals surface area contributed by atoms with Crippen molar-refractivity contribution in [2.75, 3.05) is 0 Å². The highest BCUT2D eigenvalue weighted by Crippen LogP contribution is 2.16. The molecule has 5 nitrogen and oxygen atoms in total. The number of carbonyl (C=O) groups is 2. The highest BCUT2D eigenvalue weighted by atomic mass is 16.6. The fourth-order valence-electron chi connectivity index (χ4n) is 1.92. The maximum atomic E-state index is 12.1. The Morgan fingerprint density at radius 3 is 2.12 bits per heavy atom. The maximum Gasteiger partial charge on any atom is 0.309 e. The van der Waals surface area contributed by atoms with Crippen molar-refractivity contribution in [2.24, 2.45) is 5.92 Å². The summed E-state index contributed by atoms with van der Waals surface area (Å²) in [5, 5.41) is 0. The number of hydrogen-bond donors (Lipinski definition) is 0. The molecule has 0 radical (unpaired) electrons. The Morgan fingerprint density at radius 1 is 1.00 bits per heavy atom. The standard InChI is InChI=1S/C19H28O5/c1-13(12-17(20)24-19(4,5)6)18(21)23-15(3)14(2)22-16-10-8-7-9-11-16/h7-11,13-15H,12H2,1-6H3/t13-,14+,15-/m1/s1. The van der Waals surface area contributed by atoms with Crippen LogP contribution in [0.15, 0.2) is 30.3 Å². The van der Waals surface area contributed by atoms with Crippen molar-refractivity contribution in [3.8, 4) is 5.75 Å². The summed E-state index contributed by atoms with van der Waals surface area (Å²) in [7, 11) is 0. The predicted molar refractivity (Wildman–Crippen MR) is 91.7 cm³/mol. The molecule has 0 saturated heterocycles. The lowest BCUT2D eigenvalue weighted by Crippen LogP contribution is -2.33. The summed E-state index contributed by atoms with van der Waals surface area (Å²) in [5.41, 5.74) is -0.563. The van der Waals surface area contributed by atoms with Crippen LogP contribution in [0.3, 0.4) is 0 Å². The lowest BCUT2D eigenvalue weighted by Gasteiger charge is -2.24. The fourth-order valence-corrected chi connectivity index (χ4v) is 1.92. The Bertz CT molecular complexity index is 532. The van der Waals surface area contributed by atoms with Gasteiger partial charge in [-0.05, 0) is 46.8 Å². The zero-order valence-corrected chi connectivity index (χ0v) is 15.4. The van der Waals surface area contributed by atoms with Gasteiger partial charge in [-0.3, -0.25) is 9.59 Å². The van der Waals surface area contributed by atoms with Gasteiger partial charge in [0.2, 0.25) is 0 Å². The van der Waals surface area contributed by atoms with Gasteiger partial charge in [0.25, 0.3) is 0 Å². The van der Waals surface area contributed by atoms with Gasteiger partial charge in [0.1, 0.15) is 23.6 Å². The molecule has 1 aromatic carbocycles. The highest BCUT2D eigenvalue weighted by molar-refractivity contribution is 5.79. The van der Waals surface area contributed by atoms with Gasteiger partial charge in [-0.1, -0.05) is 25.1 Å². The van der Waals surface area contributed by atoms with Gasteiger partial charge in [-0.15, -0.1) is 0 Å². The molecule has 0 saturated carbocycles. The van der Waals surface area contributed by atoms with Crippen LogP contribution < -0.4 is 4.74 Å². The molecular formula is C19H28O5. The monoisotopic (exact) mass is 336 g/mol. The first kappa shape index (κ1) is 20.0. The summed E-state index contributed by atoms with van der Waals surface area (Å²) in [4.78, 5) is 23.9. The van der Waals surface area contributed by atoms with Crippen LogP contribution in [-0.2, 0) is 19.1 Å². The van der Waals surface area contributed by atoms with E-state index in [9.17, 15) is 9.59 Å². The number of carbonyl (C=O) groups excluding carboxylic acids is 2. The Kier molecular flexibility index (Phi) is 7.26. The molecule has 134 valence electrons. The summed E-state index contributed by atoms with van der Waals surface area (Å²) >= 11 is 0. The Balaban J connectivity index is 2.46. The van der Waals surface area contributed by atoms with E-state index >= 15 is 0 Å². The molecule has 0 aliphatic rings. The number of para-hydroxylation sites is 1. The first-order valence-corrected chi connectivity index (χ1v) is 8.22. The normalized spacial score (nSPS) is 15.1. The van der Waals surface area contributed by atoms with E-state index in [1.165, 1.54) is 0 Å². The highest BCUT2D eigenvalue weighted by Gasteiger charge is 2.26. The smallest absolute Gasteiger partial charge is 0.309 e. The largest absolute Gasteiger partial charge is 0.487 e. The topological polar surface area (TPSA) is 61.8 Å². The molecule has 1 rings (SSSR count). The fraction of sp³-hybridized carbons (Fsp3) is 0.579. The zero-order valence-electron chi connectivity index (χ0n) is 15.4. The molecule has 0 aromatic heterocycles. The van der Waals surface area contributed by atoms with Crippen molar-refractivity contribution >= 4 is 11.9 Å². The van der Waals surface area contributed by atoms with Crippen LogP contribution in [0.2, 0.25) is 0 Å². The second kappa shape index (κ2) is 8.71. The van der Waals surface area contributed by atoms with E-state index in [0.717, 1.165) is 5.75 Å². The Hall–Kier alpha value is -2.04. The van der Waals surface area contributed by atoms with Gasteiger partial charge in [0.05, 0.1) is 12.3 Å². The minimum atomic E-state index is -0.564. The summed E-state index contributed by atoms with van der Waals surface area (Å²) in [6, 6.07) is 9.34. The van der Waals surface area contributed by atoms with E-state index in [-0.39, 0.29) is 12.5 Å². The van der Waals surface area contributed by atoms with Crippen LogP contribution in [0.25, 0.3) is 0 Å². The van der Waals surface area contributed by atoms with Gasteiger partial charge in [-0.2, -0.15) is 0 Å². The van der Waals surface area contributed by atoms with Crippen molar-refractivity contribution in [3.05, 3.63) is 30.3 Å². The van der Waals surface area contributed by atoms with Gasteiger partial charge in [-0.25, -0.2) is 0 Å². The minimum absolute atomic E-state index is 0.00323. The molecule has 0 aliphatic heterocycles. The van der Waals surface area contributed by atoms with E-state index in [1.54, 1.807) is 34.6 Å². The zero-order chi connectivity index (χ0) is 18.3. The molecule has 1 aromatic rings. The average molecular weight is 336 g/mol. The Morgan fingerprint density at radius 2 is 1.58 bits per heavy atom. The van der Waals surface area contributed by atoms with Crippen molar-refractivity contribution in [3.63, 3.8) is 0 Å². The van der Waals surface area contributed by atoms with Crippen molar-refractivity contribution in [1.82, 2.24) is 0 Å². The number of esters is 2. The summed E-state index contributed by atoms with van der Waals surface area (Å²) in [5.74, 6) is -0.689. The molecule has 3 atom stereocenters. The van der Waals surface area contributed by atoms with Gasteiger partial charge >= 0.3 is 11.9 Å². The van der Waals surface area contributed by atoms with E-state index in [0.29, 0.717) is 0 Å². The van der Waals surface area contributed by atoms with Crippen LogP contribution in [0, 0.1) is 5.92 Å². The lowest BCUT2D eigenvalue weighted by atomic mass is 10.1. The average Bonchev–Trinajstić information content (AvgIpc) is 2.45.